The molecule has 1 fully saturated rings. The van der Waals surface area contributed by atoms with Crippen molar-refractivity contribution in [3.8, 4) is 0 Å². The second-order valence-electron chi connectivity index (χ2n) is 7.06. The Kier molecular flexibility index (Phi) is 6.26. The van der Waals surface area contributed by atoms with Crippen LogP contribution in [0.3, 0.4) is 0 Å². The average Bonchev–Trinajstić information content (AvgIpc) is 3.37. The van der Waals surface area contributed by atoms with Gasteiger partial charge in [0, 0.05) is 25.7 Å². The summed E-state index contributed by atoms with van der Waals surface area (Å²) < 4.78 is 53.6. The Balaban J connectivity index is 1.96. The lowest BCUT2D eigenvalue weighted by atomic mass is 10.1. The number of oxime groups is 1. The maximum Gasteiger partial charge on any atom is 0.323 e. The first kappa shape index (κ1) is 22.3. The molecule has 0 N–H and O–H groups in total. The molecule has 0 spiro atoms. The summed E-state index contributed by atoms with van der Waals surface area (Å²) in [6.07, 6.45) is 2.24. The minimum atomic E-state index is -4.16. The summed E-state index contributed by atoms with van der Waals surface area (Å²) in [7, 11) is -4.12. The molecule has 2 aromatic rings. The van der Waals surface area contributed by atoms with Gasteiger partial charge in [-0.1, -0.05) is 35.0 Å². The van der Waals surface area contributed by atoms with E-state index in [0.717, 1.165) is 21.8 Å². The van der Waals surface area contributed by atoms with Gasteiger partial charge in [-0.05, 0) is 19.8 Å². The van der Waals surface area contributed by atoms with Crippen molar-refractivity contribution in [2.45, 2.75) is 31.0 Å². The summed E-state index contributed by atoms with van der Waals surface area (Å²) in [5, 5.41) is 7.16. The van der Waals surface area contributed by atoms with Gasteiger partial charge in [-0.2, -0.15) is 17.0 Å². The second-order valence-corrected chi connectivity index (χ2v) is 10.8. The van der Waals surface area contributed by atoms with Gasteiger partial charge in [0.1, 0.15) is 19.1 Å². The zero-order valence-electron chi connectivity index (χ0n) is 17.1. The van der Waals surface area contributed by atoms with Crippen LogP contribution in [0.25, 0.3) is 0 Å². The van der Waals surface area contributed by atoms with Crippen molar-refractivity contribution in [2.75, 3.05) is 27.7 Å². The van der Waals surface area contributed by atoms with Crippen LogP contribution in [0.5, 0.6) is 0 Å². The lowest BCUT2D eigenvalue weighted by Crippen LogP contribution is -2.38. The molecule has 0 amide bonds. The van der Waals surface area contributed by atoms with Gasteiger partial charge in [0.05, 0.1) is 6.54 Å². The summed E-state index contributed by atoms with van der Waals surface area (Å²) in [6, 6.07) is 7.23. The number of aromatic nitrogens is 3. The predicted molar refractivity (Wildman–Crippen MR) is 110 cm³/mol. The van der Waals surface area contributed by atoms with Crippen molar-refractivity contribution in [2.24, 2.45) is 5.16 Å². The van der Waals surface area contributed by atoms with E-state index in [0.29, 0.717) is 22.6 Å². The Bertz CT molecular complexity index is 1150. The molecule has 164 valence electrons. The lowest BCUT2D eigenvalue weighted by molar-refractivity contribution is 0.212. The fourth-order valence-electron chi connectivity index (χ4n) is 2.76. The van der Waals surface area contributed by atoms with E-state index in [-0.39, 0.29) is 12.6 Å². The first-order valence-corrected chi connectivity index (χ1v) is 11.9. The van der Waals surface area contributed by atoms with E-state index in [2.05, 4.69) is 15.2 Å². The van der Waals surface area contributed by atoms with E-state index in [4.69, 9.17) is 4.84 Å². The van der Waals surface area contributed by atoms with Crippen molar-refractivity contribution in [3.63, 3.8) is 0 Å². The Morgan fingerprint density at radius 2 is 1.97 bits per heavy atom. The molecule has 0 atom stereocenters. The van der Waals surface area contributed by atoms with Crippen LogP contribution in [0.15, 0.2) is 40.9 Å². The van der Waals surface area contributed by atoms with E-state index in [9.17, 15) is 16.8 Å². The van der Waals surface area contributed by atoms with Crippen LogP contribution in [0.4, 0.5) is 0 Å². The third-order valence-corrected chi connectivity index (χ3v) is 7.77. The first-order valence-electron chi connectivity index (χ1n) is 9.11. The van der Waals surface area contributed by atoms with Gasteiger partial charge < -0.3 is 4.84 Å². The van der Waals surface area contributed by atoms with Gasteiger partial charge in [0.25, 0.3) is 15.2 Å². The molecule has 1 saturated carbocycles. The van der Waals surface area contributed by atoms with Crippen LogP contribution in [0, 0.1) is 6.92 Å². The smallest absolute Gasteiger partial charge is 0.323 e. The van der Waals surface area contributed by atoms with Gasteiger partial charge >= 0.3 is 10.2 Å². The number of hydrogen-bond donors (Lipinski definition) is 0. The van der Waals surface area contributed by atoms with Gasteiger partial charge in [-0.25, -0.2) is 13.4 Å². The largest absolute Gasteiger partial charge is 0.399 e. The van der Waals surface area contributed by atoms with Crippen molar-refractivity contribution < 1.29 is 21.7 Å². The Morgan fingerprint density at radius 3 is 2.53 bits per heavy atom. The monoisotopic (exact) mass is 456 g/mol. The highest BCUT2D eigenvalue weighted by molar-refractivity contribution is 7.89. The van der Waals surface area contributed by atoms with Crippen molar-refractivity contribution in [1.29, 1.82) is 0 Å². The highest BCUT2D eigenvalue weighted by Crippen LogP contribution is 2.31. The van der Waals surface area contributed by atoms with Crippen molar-refractivity contribution in [1.82, 2.24) is 22.8 Å². The molecule has 1 aliphatic carbocycles. The lowest BCUT2D eigenvalue weighted by Gasteiger charge is -2.21. The standard InChI is InChI=1S/C17H24N6O5S2/c1-13-6-5-7-14(10-13)16(20-28-4)11-22(15-8-9-15)29(24,25)17-18-12-23(19-17)30(26,27)21(2)3/h5-7,10,12,15H,8-9,11H2,1-4H3/b20-16+. The van der Waals surface area contributed by atoms with Gasteiger partial charge in [0.15, 0.2) is 0 Å². The van der Waals surface area contributed by atoms with E-state index in [1.807, 2.05) is 31.2 Å². The molecular formula is C17H24N6O5S2. The molecule has 0 unspecified atom stereocenters. The number of nitrogens with zero attached hydrogens (tertiary/aromatic N) is 6. The normalized spacial score (nSPS) is 15.7. The molecule has 0 radical (unpaired) electrons. The fourth-order valence-corrected chi connectivity index (χ4v) is 4.97. The van der Waals surface area contributed by atoms with E-state index < -0.39 is 25.4 Å². The topological polar surface area (TPSA) is 127 Å². The van der Waals surface area contributed by atoms with Crippen LogP contribution in [-0.2, 0) is 25.1 Å². The van der Waals surface area contributed by atoms with Gasteiger partial charge in [0.2, 0.25) is 0 Å². The summed E-state index contributed by atoms with van der Waals surface area (Å²) in [4.78, 5) is 8.69. The third kappa shape index (κ3) is 4.53. The van der Waals surface area contributed by atoms with E-state index in [1.165, 1.54) is 25.5 Å². The average molecular weight is 457 g/mol. The molecule has 0 aliphatic heterocycles. The Hall–Kier alpha value is -2.35. The van der Waals surface area contributed by atoms with Crippen LogP contribution in [0.2, 0.25) is 0 Å². The zero-order valence-corrected chi connectivity index (χ0v) is 18.8. The molecule has 1 aromatic carbocycles. The number of sulfonamides is 1. The minimum absolute atomic E-state index is 0.0563. The number of hydrogen-bond acceptors (Lipinski definition) is 8. The third-order valence-electron chi connectivity index (χ3n) is 4.50. The SMILES string of the molecule is CO/N=C(\CN(C1CC1)S(=O)(=O)c1ncn(S(=O)(=O)N(C)C)n1)c1cccc(C)c1. The summed E-state index contributed by atoms with van der Waals surface area (Å²) in [5.41, 5.74) is 2.15. The van der Waals surface area contributed by atoms with Crippen LogP contribution in [0.1, 0.15) is 24.0 Å². The van der Waals surface area contributed by atoms with Crippen LogP contribution >= 0.6 is 0 Å². The highest BCUT2D eigenvalue weighted by atomic mass is 32.2. The van der Waals surface area contributed by atoms with Crippen LogP contribution < -0.4 is 0 Å². The molecule has 1 heterocycles. The zero-order chi connectivity index (χ0) is 22.1. The maximum absolute atomic E-state index is 13.2. The van der Waals surface area contributed by atoms with E-state index >= 15 is 0 Å². The van der Waals surface area contributed by atoms with Crippen molar-refractivity contribution in [3.05, 3.63) is 41.7 Å². The summed E-state index contributed by atoms with van der Waals surface area (Å²) in [6.45, 7) is 1.87. The van der Waals surface area contributed by atoms with E-state index in [1.54, 1.807) is 0 Å². The van der Waals surface area contributed by atoms with Crippen LogP contribution in [-0.4, -0.2) is 79.1 Å². The Labute approximate surface area is 176 Å². The second kappa shape index (κ2) is 8.41. The number of aryl methyl sites for hydroxylation is 1. The highest BCUT2D eigenvalue weighted by Gasteiger charge is 2.41. The molecule has 0 bridgehead atoms. The fraction of sp³-hybridized carbons (Fsp3) is 0.471. The maximum atomic E-state index is 13.2. The number of rotatable bonds is 9. The Morgan fingerprint density at radius 1 is 1.27 bits per heavy atom. The van der Waals surface area contributed by atoms with Gasteiger partial charge in [-0.3, -0.25) is 0 Å². The molecule has 1 aromatic heterocycles. The van der Waals surface area contributed by atoms with Crippen molar-refractivity contribution >= 4 is 25.9 Å². The molecule has 13 heteroatoms. The minimum Gasteiger partial charge on any atom is -0.399 e. The molecule has 11 nitrogen and oxygen atoms in total. The summed E-state index contributed by atoms with van der Waals surface area (Å²) in [5.74, 6) is 0. The molecule has 1 aliphatic rings. The van der Waals surface area contributed by atoms with Gasteiger partial charge in [-0.15, -0.1) is 9.19 Å². The summed E-state index contributed by atoms with van der Waals surface area (Å²) >= 11 is 0. The first-order chi connectivity index (χ1) is 14.1. The number of benzene rings is 1. The molecule has 0 saturated heterocycles. The quantitative estimate of drug-likeness (QED) is 0.396. The molecule has 3 rings (SSSR count). The molecule has 30 heavy (non-hydrogen) atoms. The molecular weight excluding hydrogens is 432 g/mol. The predicted octanol–water partition coefficient (Wildman–Crippen LogP) is 0.445.